The van der Waals surface area contributed by atoms with Crippen LogP contribution in [0.5, 0.6) is 0 Å². The first-order valence-electron chi connectivity index (χ1n) is 6.74. The van der Waals surface area contributed by atoms with Crippen molar-refractivity contribution in [2.24, 2.45) is 0 Å². The molecule has 2 aromatic rings. The Kier molecular flexibility index (Phi) is 4.33. The van der Waals surface area contributed by atoms with E-state index in [4.69, 9.17) is 5.11 Å². The van der Waals surface area contributed by atoms with Crippen molar-refractivity contribution in [3.63, 3.8) is 0 Å². The molecule has 110 valence electrons. The van der Waals surface area contributed by atoms with Crippen LogP contribution in [0.2, 0.25) is 0 Å². The summed E-state index contributed by atoms with van der Waals surface area (Å²) in [6.07, 6.45) is 0. The lowest BCUT2D eigenvalue weighted by atomic mass is 10.1. The van der Waals surface area contributed by atoms with E-state index in [1.54, 1.807) is 6.92 Å². The largest absolute Gasteiger partial charge is 0.477 e. The minimum atomic E-state index is -1.04. The number of nitrogens with zero attached hydrogens (tertiary/aromatic N) is 3. The van der Waals surface area contributed by atoms with Gasteiger partial charge < -0.3 is 10.0 Å². The van der Waals surface area contributed by atoms with Gasteiger partial charge in [-0.05, 0) is 39.6 Å². The van der Waals surface area contributed by atoms with Crippen LogP contribution in [0.4, 0.5) is 0 Å². The molecule has 0 saturated heterocycles. The molecule has 0 bridgehead atoms. The lowest BCUT2D eigenvalue weighted by Gasteiger charge is -2.20. The molecule has 1 N–H and O–H groups in total. The smallest absolute Gasteiger partial charge is 0.354 e. The van der Waals surface area contributed by atoms with Crippen molar-refractivity contribution >= 4 is 5.97 Å². The van der Waals surface area contributed by atoms with Gasteiger partial charge in [-0.3, -0.25) is 0 Å². The summed E-state index contributed by atoms with van der Waals surface area (Å²) in [7, 11) is 4.06. The van der Waals surface area contributed by atoms with E-state index in [-0.39, 0.29) is 5.69 Å². The number of aromatic carboxylic acids is 1. The molecule has 0 radical (unpaired) electrons. The standard InChI is InChI=1S/C16H19N3O2/c1-10-9-14(16(20)21)18-15(17-10)13-7-5-12(6-8-13)11(2)19(3)4/h5-9,11H,1-4H3,(H,20,21). The number of aromatic nitrogens is 2. The summed E-state index contributed by atoms with van der Waals surface area (Å²) in [5.41, 5.74) is 2.66. The fourth-order valence-corrected chi connectivity index (χ4v) is 2.02. The maximum absolute atomic E-state index is 11.1. The molecule has 1 atom stereocenters. The number of rotatable bonds is 4. The van der Waals surface area contributed by atoms with Crippen molar-refractivity contribution < 1.29 is 9.90 Å². The van der Waals surface area contributed by atoms with Crippen LogP contribution in [0.1, 0.15) is 34.7 Å². The number of benzene rings is 1. The van der Waals surface area contributed by atoms with Gasteiger partial charge in [-0.25, -0.2) is 14.8 Å². The van der Waals surface area contributed by atoms with Crippen molar-refractivity contribution in [3.8, 4) is 11.4 Å². The molecule has 0 amide bonds. The van der Waals surface area contributed by atoms with Gasteiger partial charge in [0.25, 0.3) is 0 Å². The van der Waals surface area contributed by atoms with Gasteiger partial charge in [-0.15, -0.1) is 0 Å². The Balaban J connectivity index is 2.37. The number of carboxylic acids is 1. The minimum Gasteiger partial charge on any atom is -0.477 e. The Bertz CT molecular complexity index is 651. The SMILES string of the molecule is Cc1cc(C(=O)O)nc(-c2ccc(C(C)N(C)C)cc2)n1. The molecule has 0 aliphatic heterocycles. The van der Waals surface area contributed by atoms with Crippen molar-refractivity contribution in [2.45, 2.75) is 19.9 Å². The Labute approximate surface area is 124 Å². The van der Waals surface area contributed by atoms with E-state index >= 15 is 0 Å². The molecule has 21 heavy (non-hydrogen) atoms. The molecular weight excluding hydrogens is 266 g/mol. The van der Waals surface area contributed by atoms with E-state index in [0.29, 0.717) is 17.6 Å². The number of carboxylic acid groups (broad SMARTS) is 1. The molecule has 5 heteroatoms. The van der Waals surface area contributed by atoms with E-state index in [0.717, 1.165) is 5.56 Å². The molecule has 0 fully saturated rings. The van der Waals surface area contributed by atoms with Gasteiger partial charge >= 0.3 is 5.97 Å². The minimum absolute atomic E-state index is 0.0169. The third-order valence-electron chi connectivity index (χ3n) is 3.50. The van der Waals surface area contributed by atoms with Gasteiger partial charge in [0.2, 0.25) is 0 Å². The zero-order valence-electron chi connectivity index (χ0n) is 12.7. The maximum atomic E-state index is 11.1. The molecule has 1 unspecified atom stereocenters. The topological polar surface area (TPSA) is 66.3 Å². The fraction of sp³-hybridized carbons (Fsp3) is 0.312. The van der Waals surface area contributed by atoms with E-state index in [2.05, 4.69) is 21.8 Å². The maximum Gasteiger partial charge on any atom is 0.354 e. The summed E-state index contributed by atoms with van der Waals surface area (Å²) < 4.78 is 0. The van der Waals surface area contributed by atoms with Crippen LogP contribution in [-0.4, -0.2) is 40.0 Å². The highest BCUT2D eigenvalue weighted by molar-refractivity contribution is 5.86. The molecule has 0 aliphatic carbocycles. The average Bonchev–Trinajstić information content (AvgIpc) is 2.45. The first-order valence-corrected chi connectivity index (χ1v) is 6.74. The fourth-order valence-electron chi connectivity index (χ4n) is 2.02. The summed E-state index contributed by atoms with van der Waals surface area (Å²) >= 11 is 0. The van der Waals surface area contributed by atoms with Crippen molar-refractivity contribution in [1.29, 1.82) is 0 Å². The van der Waals surface area contributed by atoms with Gasteiger partial charge in [0, 0.05) is 17.3 Å². The van der Waals surface area contributed by atoms with Crippen LogP contribution in [0, 0.1) is 6.92 Å². The first-order chi connectivity index (χ1) is 9.88. The summed E-state index contributed by atoms with van der Waals surface area (Å²) in [5.74, 6) is -0.601. The Morgan fingerprint density at radius 3 is 2.33 bits per heavy atom. The quantitative estimate of drug-likeness (QED) is 0.935. The second-order valence-electron chi connectivity index (χ2n) is 5.28. The molecule has 0 aliphatic rings. The Morgan fingerprint density at radius 2 is 1.81 bits per heavy atom. The van der Waals surface area contributed by atoms with Crippen molar-refractivity contribution in [2.75, 3.05) is 14.1 Å². The van der Waals surface area contributed by atoms with Gasteiger partial charge in [0.15, 0.2) is 11.5 Å². The van der Waals surface area contributed by atoms with E-state index in [9.17, 15) is 4.79 Å². The van der Waals surface area contributed by atoms with Crippen LogP contribution in [-0.2, 0) is 0 Å². The molecule has 1 aromatic heterocycles. The van der Waals surface area contributed by atoms with Crippen molar-refractivity contribution in [1.82, 2.24) is 14.9 Å². The van der Waals surface area contributed by atoms with E-state index in [1.165, 1.54) is 11.6 Å². The normalized spacial score (nSPS) is 12.4. The second-order valence-corrected chi connectivity index (χ2v) is 5.28. The number of hydrogen-bond acceptors (Lipinski definition) is 4. The lowest BCUT2D eigenvalue weighted by molar-refractivity contribution is 0.0690. The molecule has 2 rings (SSSR count). The third-order valence-corrected chi connectivity index (χ3v) is 3.50. The molecule has 0 saturated carbocycles. The average molecular weight is 285 g/mol. The highest BCUT2D eigenvalue weighted by Gasteiger charge is 2.11. The molecule has 1 aromatic carbocycles. The van der Waals surface area contributed by atoms with Gasteiger partial charge in [0.1, 0.15) is 0 Å². The Hall–Kier alpha value is -2.27. The van der Waals surface area contributed by atoms with E-state index < -0.39 is 5.97 Å². The summed E-state index contributed by atoms with van der Waals surface area (Å²) in [5, 5.41) is 9.06. The zero-order chi connectivity index (χ0) is 15.6. The summed E-state index contributed by atoms with van der Waals surface area (Å²) in [4.78, 5) is 21.6. The number of aryl methyl sites for hydroxylation is 1. The molecule has 1 heterocycles. The van der Waals surface area contributed by atoms with Gasteiger partial charge in [-0.1, -0.05) is 24.3 Å². The van der Waals surface area contributed by atoms with Crippen LogP contribution < -0.4 is 0 Å². The number of hydrogen-bond donors (Lipinski definition) is 1. The highest BCUT2D eigenvalue weighted by atomic mass is 16.4. The van der Waals surface area contributed by atoms with E-state index in [1.807, 2.05) is 38.4 Å². The van der Waals surface area contributed by atoms with Gasteiger partial charge in [-0.2, -0.15) is 0 Å². The Morgan fingerprint density at radius 1 is 1.19 bits per heavy atom. The molecular formula is C16H19N3O2. The third kappa shape index (κ3) is 3.44. The van der Waals surface area contributed by atoms with Gasteiger partial charge in [0.05, 0.1) is 0 Å². The summed E-state index contributed by atoms with van der Waals surface area (Å²) in [6, 6.07) is 9.67. The monoisotopic (exact) mass is 285 g/mol. The van der Waals surface area contributed by atoms with Crippen LogP contribution in [0.3, 0.4) is 0 Å². The first kappa shape index (κ1) is 15.1. The number of carbonyl (C=O) groups is 1. The second kappa shape index (κ2) is 6.01. The lowest BCUT2D eigenvalue weighted by Crippen LogP contribution is -2.16. The molecule has 0 spiro atoms. The van der Waals surface area contributed by atoms with Crippen molar-refractivity contribution in [3.05, 3.63) is 47.3 Å². The highest BCUT2D eigenvalue weighted by Crippen LogP contribution is 2.22. The van der Waals surface area contributed by atoms with Crippen LogP contribution in [0.15, 0.2) is 30.3 Å². The molecule has 5 nitrogen and oxygen atoms in total. The van der Waals surface area contributed by atoms with Crippen LogP contribution >= 0.6 is 0 Å². The zero-order valence-corrected chi connectivity index (χ0v) is 12.7. The predicted molar refractivity (Wildman–Crippen MR) is 81.3 cm³/mol. The van der Waals surface area contributed by atoms with Crippen LogP contribution in [0.25, 0.3) is 11.4 Å². The summed E-state index contributed by atoms with van der Waals surface area (Å²) in [6.45, 7) is 3.89. The predicted octanol–water partition coefficient (Wildman–Crippen LogP) is 2.77.